The maximum atomic E-state index is 13.4. The van der Waals surface area contributed by atoms with Gasteiger partial charge < -0.3 is 5.32 Å². The van der Waals surface area contributed by atoms with Gasteiger partial charge in [0.15, 0.2) is 0 Å². The number of benzene rings is 1. The molecule has 0 spiro atoms. The van der Waals surface area contributed by atoms with Crippen molar-refractivity contribution in [2.75, 3.05) is 12.4 Å². The summed E-state index contributed by atoms with van der Waals surface area (Å²) >= 11 is 7.33. The van der Waals surface area contributed by atoms with Crippen LogP contribution in [0.2, 0.25) is 5.02 Å². The highest BCUT2D eigenvalue weighted by Crippen LogP contribution is 2.35. The second-order valence-electron chi connectivity index (χ2n) is 7.30. The van der Waals surface area contributed by atoms with E-state index in [1.54, 1.807) is 17.9 Å². The van der Waals surface area contributed by atoms with Crippen LogP contribution in [0.15, 0.2) is 41.9 Å². The molecule has 0 radical (unpaired) electrons. The zero-order valence-electron chi connectivity index (χ0n) is 16.8. The van der Waals surface area contributed by atoms with Gasteiger partial charge in [-0.15, -0.1) is 11.3 Å². The molecule has 2 aromatic heterocycles. The second kappa shape index (κ2) is 8.36. The Kier molecular flexibility index (Phi) is 5.93. The summed E-state index contributed by atoms with van der Waals surface area (Å²) in [7, 11) is 0.572. The molecule has 11 heteroatoms. The number of rotatable bonds is 4. The fourth-order valence-electron chi connectivity index (χ4n) is 3.50. The summed E-state index contributed by atoms with van der Waals surface area (Å²) < 4.78 is 32.8. The molecule has 2 N–H and O–H groups in total. The van der Waals surface area contributed by atoms with Crippen LogP contribution in [-0.4, -0.2) is 43.2 Å². The number of likely N-dealkylation sites (N-methyl/N-ethyl adjacent to an activating group) is 1. The summed E-state index contributed by atoms with van der Waals surface area (Å²) in [6.45, 7) is 0. The zero-order chi connectivity index (χ0) is 22.3. The molecule has 0 saturated carbocycles. The third-order valence-electron chi connectivity index (χ3n) is 5.26. The normalized spacial score (nSPS) is 24.3. The van der Waals surface area contributed by atoms with Crippen LogP contribution in [-0.2, 0) is 21.7 Å². The fourth-order valence-corrected chi connectivity index (χ4v) is 6.15. The van der Waals surface area contributed by atoms with Gasteiger partial charge in [-0.05, 0) is 42.6 Å². The molecule has 3 unspecified atom stereocenters. The Morgan fingerprint density at radius 1 is 1.39 bits per heavy atom. The lowest BCUT2D eigenvalue weighted by Crippen LogP contribution is -2.55. The van der Waals surface area contributed by atoms with E-state index < -0.39 is 21.8 Å². The van der Waals surface area contributed by atoms with Crippen LogP contribution in [0.4, 0.5) is 10.1 Å². The monoisotopic (exact) mass is 481 g/mol. The molecule has 7 nitrogen and oxygen atoms in total. The molecule has 3 atom stereocenters. The Hall–Kier alpha value is -2.24. The Morgan fingerprint density at radius 2 is 2.16 bits per heavy atom. The summed E-state index contributed by atoms with van der Waals surface area (Å²) in [6, 6.07) is 6.86. The Morgan fingerprint density at radius 3 is 2.84 bits per heavy atom. The van der Waals surface area contributed by atoms with Crippen molar-refractivity contribution < 1.29 is 13.4 Å². The number of aromatic nitrogens is 2. The van der Waals surface area contributed by atoms with Gasteiger partial charge >= 0.3 is 0 Å². The van der Waals surface area contributed by atoms with Crippen molar-refractivity contribution in [3.05, 3.63) is 57.6 Å². The number of nitrogens with one attached hydrogen (secondary N) is 2. The minimum atomic E-state index is -2.89. The first-order valence-corrected chi connectivity index (χ1v) is 12.3. The molecule has 4 rings (SSSR count). The van der Waals surface area contributed by atoms with Crippen LogP contribution in [0, 0.1) is 5.82 Å². The molecule has 1 aliphatic rings. The van der Waals surface area contributed by atoms with Crippen molar-refractivity contribution in [3.63, 3.8) is 0 Å². The largest absolute Gasteiger partial charge is 0.325 e. The first-order chi connectivity index (χ1) is 14.7. The van der Waals surface area contributed by atoms with Gasteiger partial charge in [-0.1, -0.05) is 11.6 Å². The average Bonchev–Trinajstić information content (AvgIpc) is 3.35. The van der Waals surface area contributed by atoms with E-state index in [4.69, 9.17) is 11.6 Å². The van der Waals surface area contributed by atoms with Crippen LogP contribution in [0.25, 0.3) is 11.3 Å². The number of carbonyl (C=O) groups excluding carboxylic acids is 1. The molecule has 164 valence electrons. The zero-order valence-corrected chi connectivity index (χ0v) is 19.2. The number of aryl methyl sites for hydroxylation is 1. The van der Waals surface area contributed by atoms with E-state index in [-0.39, 0.29) is 17.0 Å². The van der Waals surface area contributed by atoms with E-state index in [1.807, 2.05) is 24.6 Å². The molecule has 3 aromatic rings. The number of thiophene rings is 1. The molecule has 0 bridgehead atoms. The van der Waals surface area contributed by atoms with Gasteiger partial charge in [-0.3, -0.25) is 9.48 Å². The number of halogens is 2. The van der Waals surface area contributed by atoms with Gasteiger partial charge in [0.05, 0.1) is 26.7 Å². The molecule has 31 heavy (non-hydrogen) atoms. The summed E-state index contributed by atoms with van der Waals surface area (Å²) in [5.74, 6) is 2.87. The summed E-state index contributed by atoms with van der Waals surface area (Å²) in [6.07, 6.45) is 2.11. The van der Waals surface area contributed by atoms with Crippen molar-refractivity contribution in [2.24, 2.45) is 7.05 Å². The molecule has 3 heterocycles. The number of carbonyl (C=O) groups is 1. The molecule has 1 aromatic carbocycles. The third-order valence-corrected chi connectivity index (χ3v) is 8.43. The van der Waals surface area contributed by atoms with E-state index in [0.717, 1.165) is 16.1 Å². The number of amides is 1. The summed E-state index contributed by atoms with van der Waals surface area (Å²) in [5, 5.41) is 8.85. The van der Waals surface area contributed by atoms with Gasteiger partial charge in [0.25, 0.3) is 0 Å². The highest BCUT2D eigenvalue weighted by molar-refractivity contribution is 7.96. The maximum absolute atomic E-state index is 13.4. The Bertz CT molecular complexity index is 1240. The predicted molar refractivity (Wildman–Crippen MR) is 124 cm³/mol. The average molecular weight is 482 g/mol. The number of hydrogen-bond donors (Lipinski definition) is 2. The SMILES string of the molecule is C=S1(=O)NC(c2cc(-c3ccnn3C)cs2)CC(C(=O)Nc2ccc(F)c(Cl)c2)N1C. The summed E-state index contributed by atoms with van der Waals surface area (Å²) in [4.78, 5) is 13.9. The van der Waals surface area contributed by atoms with Gasteiger partial charge in [0.1, 0.15) is 11.9 Å². The maximum Gasteiger partial charge on any atom is 0.242 e. The van der Waals surface area contributed by atoms with Crippen LogP contribution in [0.1, 0.15) is 17.3 Å². The van der Waals surface area contributed by atoms with Crippen LogP contribution < -0.4 is 10.0 Å². The number of hydrogen-bond acceptors (Lipinski definition) is 4. The minimum absolute atomic E-state index is 0.0865. The molecule has 0 aliphatic carbocycles. The van der Waals surface area contributed by atoms with Gasteiger partial charge in [-0.25, -0.2) is 17.6 Å². The molecule has 1 amide bonds. The first kappa shape index (κ1) is 22.0. The number of nitrogens with zero attached hydrogens (tertiary/aromatic N) is 3. The molecule has 1 fully saturated rings. The summed E-state index contributed by atoms with van der Waals surface area (Å²) in [5.41, 5.74) is 2.33. The Balaban J connectivity index is 1.58. The van der Waals surface area contributed by atoms with Crippen LogP contribution in [0.5, 0.6) is 0 Å². The van der Waals surface area contributed by atoms with Crippen LogP contribution >= 0.6 is 22.9 Å². The standard InChI is InChI=1S/C20H21ClFN5O2S2/c1-26-17(6-7-23-26)12-8-19(30-11-12)16-10-18(27(2)31(3,29)25-16)20(28)24-13-4-5-15(22)14(21)9-13/h4-9,11,16,18H,3,10H2,1-2H3,(H,24,28)(H,25,29). The van der Waals surface area contributed by atoms with Crippen molar-refractivity contribution in [1.29, 1.82) is 0 Å². The third kappa shape index (κ3) is 4.39. The molecule has 1 aliphatic heterocycles. The van der Waals surface area contributed by atoms with E-state index in [1.165, 1.54) is 33.8 Å². The smallest absolute Gasteiger partial charge is 0.242 e. The molecular weight excluding hydrogens is 461 g/mol. The lowest BCUT2D eigenvalue weighted by molar-refractivity contribution is -0.120. The lowest BCUT2D eigenvalue weighted by Gasteiger charge is -2.39. The van der Waals surface area contributed by atoms with Crippen molar-refractivity contribution in [1.82, 2.24) is 18.8 Å². The topological polar surface area (TPSA) is 79.3 Å². The van der Waals surface area contributed by atoms with Gasteiger partial charge in [0, 0.05) is 41.8 Å². The molecular formula is C20H21ClFN5O2S2. The fraction of sp³-hybridized carbons (Fsp3) is 0.250. The highest BCUT2D eigenvalue weighted by atomic mass is 35.5. The second-order valence-corrected chi connectivity index (χ2v) is 10.7. The molecule has 1 saturated heterocycles. The van der Waals surface area contributed by atoms with E-state index in [0.29, 0.717) is 12.1 Å². The highest BCUT2D eigenvalue weighted by Gasteiger charge is 2.38. The van der Waals surface area contributed by atoms with Crippen molar-refractivity contribution in [2.45, 2.75) is 18.5 Å². The van der Waals surface area contributed by atoms with E-state index in [2.05, 4.69) is 21.0 Å². The van der Waals surface area contributed by atoms with Gasteiger partial charge in [-0.2, -0.15) is 5.10 Å². The first-order valence-electron chi connectivity index (χ1n) is 9.36. The quantitative estimate of drug-likeness (QED) is 0.560. The Labute approximate surface area is 189 Å². The predicted octanol–water partition coefficient (Wildman–Crippen LogP) is 3.46. The van der Waals surface area contributed by atoms with Crippen molar-refractivity contribution >= 4 is 50.3 Å². The lowest BCUT2D eigenvalue weighted by atomic mass is 10.0. The van der Waals surface area contributed by atoms with Crippen LogP contribution in [0.3, 0.4) is 0 Å². The minimum Gasteiger partial charge on any atom is -0.325 e. The number of anilines is 1. The van der Waals surface area contributed by atoms with Crippen molar-refractivity contribution in [3.8, 4) is 11.3 Å². The van der Waals surface area contributed by atoms with E-state index >= 15 is 0 Å². The van der Waals surface area contributed by atoms with E-state index in [9.17, 15) is 13.4 Å². The van der Waals surface area contributed by atoms with Gasteiger partial charge in [0.2, 0.25) is 5.91 Å².